The molecule has 1 aromatic heterocycles. The third-order valence-electron chi connectivity index (χ3n) is 4.89. The van der Waals surface area contributed by atoms with Crippen molar-refractivity contribution in [3.8, 4) is 5.75 Å². The molecule has 1 saturated heterocycles. The Morgan fingerprint density at radius 3 is 2.70 bits per heavy atom. The second-order valence-electron chi connectivity index (χ2n) is 7.48. The van der Waals surface area contributed by atoms with Crippen LogP contribution in [0.5, 0.6) is 5.75 Å². The summed E-state index contributed by atoms with van der Waals surface area (Å²) in [6, 6.07) is -0.0444. The van der Waals surface area contributed by atoms with Crippen molar-refractivity contribution in [3.63, 3.8) is 0 Å². The van der Waals surface area contributed by atoms with Crippen LogP contribution in [0.3, 0.4) is 0 Å². The normalized spacial score (nSPS) is 21.0. The molecule has 2 N–H and O–H groups in total. The van der Waals surface area contributed by atoms with Gasteiger partial charge in [-0.15, -0.1) is 0 Å². The predicted octanol–water partition coefficient (Wildman–Crippen LogP) is 2.43. The highest BCUT2D eigenvalue weighted by molar-refractivity contribution is 5.94. The summed E-state index contributed by atoms with van der Waals surface area (Å²) < 4.78 is 15.4. The van der Waals surface area contributed by atoms with Gasteiger partial charge in [-0.05, 0) is 18.3 Å². The van der Waals surface area contributed by atoms with Gasteiger partial charge in [-0.2, -0.15) is 0 Å². The van der Waals surface area contributed by atoms with E-state index in [0.29, 0.717) is 12.8 Å². The van der Waals surface area contributed by atoms with Crippen molar-refractivity contribution in [2.24, 2.45) is 5.41 Å². The fraction of sp³-hybridized carbons (Fsp3) is 0.632. The minimum atomic E-state index is -0.842. The van der Waals surface area contributed by atoms with E-state index >= 15 is 0 Å². The first-order chi connectivity index (χ1) is 12.8. The SMILES string of the molecule is CCC1OCC(=O)C1NC(=O)[C@H](CC(C)(C)CC)NC(=O)Oc1ccoc1. The molecule has 1 aliphatic heterocycles. The first-order valence-electron chi connectivity index (χ1n) is 9.21. The van der Waals surface area contributed by atoms with E-state index in [-0.39, 0.29) is 29.7 Å². The van der Waals surface area contributed by atoms with Crippen molar-refractivity contribution in [1.82, 2.24) is 10.6 Å². The first-order valence-corrected chi connectivity index (χ1v) is 9.21. The summed E-state index contributed by atoms with van der Waals surface area (Å²) in [6.07, 6.45) is 3.38. The van der Waals surface area contributed by atoms with Crippen molar-refractivity contribution in [2.75, 3.05) is 6.61 Å². The lowest BCUT2D eigenvalue weighted by atomic mass is 9.83. The molecule has 0 bridgehead atoms. The number of furan rings is 1. The van der Waals surface area contributed by atoms with Crippen LogP contribution in [-0.4, -0.2) is 42.6 Å². The van der Waals surface area contributed by atoms with E-state index in [2.05, 4.69) is 10.6 Å². The Bertz CT molecular complexity index is 655. The fourth-order valence-corrected chi connectivity index (χ4v) is 2.86. The van der Waals surface area contributed by atoms with Crippen LogP contribution in [0.4, 0.5) is 4.79 Å². The number of ketones is 1. The quantitative estimate of drug-likeness (QED) is 0.717. The van der Waals surface area contributed by atoms with Gasteiger partial charge in [-0.1, -0.05) is 34.1 Å². The molecular formula is C19H28N2O6. The molecular weight excluding hydrogens is 352 g/mol. The monoisotopic (exact) mass is 380 g/mol. The number of hydrogen-bond acceptors (Lipinski definition) is 6. The lowest BCUT2D eigenvalue weighted by Crippen LogP contribution is -2.54. The Labute approximate surface area is 159 Å². The molecule has 1 aliphatic rings. The van der Waals surface area contributed by atoms with Gasteiger partial charge in [0.2, 0.25) is 5.91 Å². The summed E-state index contributed by atoms with van der Waals surface area (Å²) >= 11 is 0. The number of ether oxygens (including phenoxy) is 2. The van der Waals surface area contributed by atoms with Gasteiger partial charge >= 0.3 is 6.09 Å². The van der Waals surface area contributed by atoms with Crippen LogP contribution in [0.2, 0.25) is 0 Å². The lowest BCUT2D eigenvalue weighted by molar-refractivity contribution is -0.128. The van der Waals surface area contributed by atoms with E-state index in [1.807, 2.05) is 27.7 Å². The van der Waals surface area contributed by atoms with Crippen molar-refractivity contribution in [2.45, 2.75) is 65.1 Å². The van der Waals surface area contributed by atoms with E-state index < -0.39 is 24.1 Å². The fourth-order valence-electron chi connectivity index (χ4n) is 2.86. The molecule has 150 valence electrons. The predicted molar refractivity (Wildman–Crippen MR) is 97.3 cm³/mol. The number of hydrogen-bond donors (Lipinski definition) is 2. The minimum Gasteiger partial charge on any atom is -0.469 e. The molecule has 0 aliphatic carbocycles. The number of amides is 2. The molecule has 0 saturated carbocycles. The van der Waals surface area contributed by atoms with E-state index in [1.165, 1.54) is 18.6 Å². The molecule has 0 aromatic carbocycles. The maximum Gasteiger partial charge on any atom is 0.413 e. The summed E-state index contributed by atoms with van der Waals surface area (Å²) in [7, 11) is 0. The van der Waals surface area contributed by atoms with E-state index in [0.717, 1.165) is 6.42 Å². The van der Waals surface area contributed by atoms with Crippen LogP contribution >= 0.6 is 0 Å². The highest BCUT2D eigenvalue weighted by Crippen LogP contribution is 2.26. The van der Waals surface area contributed by atoms with E-state index in [4.69, 9.17) is 13.9 Å². The average Bonchev–Trinajstić information content (AvgIpc) is 3.24. The first kappa shape index (κ1) is 21.0. The van der Waals surface area contributed by atoms with Crippen molar-refractivity contribution in [3.05, 3.63) is 18.6 Å². The number of nitrogens with one attached hydrogen (secondary N) is 2. The third-order valence-corrected chi connectivity index (χ3v) is 4.89. The molecule has 2 rings (SSSR count). The minimum absolute atomic E-state index is 0.00939. The van der Waals surface area contributed by atoms with Crippen molar-refractivity contribution < 1.29 is 28.3 Å². The van der Waals surface area contributed by atoms with E-state index in [1.54, 1.807) is 0 Å². The number of Topliss-reactive ketones (excluding diaryl/α,β-unsaturated/α-hetero) is 1. The van der Waals surface area contributed by atoms with Gasteiger partial charge in [0.15, 0.2) is 11.5 Å². The van der Waals surface area contributed by atoms with Crippen molar-refractivity contribution in [1.29, 1.82) is 0 Å². The molecule has 8 heteroatoms. The zero-order chi connectivity index (χ0) is 20.0. The van der Waals surface area contributed by atoms with Crippen LogP contribution in [0.1, 0.15) is 47.0 Å². The maximum atomic E-state index is 12.8. The Kier molecular flexibility index (Phi) is 7.01. The van der Waals surface area contributed by atoms with Gasteiger partial charge in [0.25, 0.3) is 0 Å². The second-order valence-corrected chi connectivity index (χ2v) is 7.48. The molecule has 1 aromatic rings. The topological polar surface area (TPSA) is 107 Å². The summed E-state index contributed by atoms with van der Waals surface area (Å²) in [5.74, 6) is -0.348. The second kappa shape index (κ2) is 9.03. The largest absolute Gasteiger partial charge is 0.469 e. The van der Waals surface area contributed by atoms with Gasteiger partial charge in [0.1, 0.15) is 25.0 Å². The zero-order valence-electron chi connectivity index (χ0n) is 16.2. The molecule has 1 fully saturated rings. The van der Waals surface area contributed by atoms with Gasteiger partial charge < -0.3 is 24.5 Å². The average molecular weight is 380 g/mol. The van der Waals surface area contributed by atoms with Crippen LogP contribution in [0, 0.1) is 5.41 Å². The van der Waals surface area contributed by atoms with Gasteiger partial charge in [0, 0.05) is 6.07 Å². The van der Waals surface area contributed by atoms with Crippen LogP contribution < -0.4 is 15.4 Å². The summed E-state index contributed by atoms with van der Waals surface area (Å²) in [5.41, 5.74) is -0.189. The summed E-state index contributed by atoms with van der Waals surface area (Å²) in [6.45, 7) is 7.91. The summed E-state index contributed by atoms with van der Waals surface area (Å²) in [5, 5.41) is 5.34. The van der Waals surface area contributed by atoms with Gasteiger partial charge in [-0.3, -0.25) is 9.59 Å². The van der Waals surface area contributed by atoms with Gasteiger partial charge in [0.05, 0.1) is 12.4 Å². The molecule has 0 spiro atoms. The molecule has 8 nitrogen and oxygen atoms in total. The third kappa shape index (κ3) is 5.82. The molecule has 3 atom stereocenters. The molecule has 2 heterocycles. The maximum absolute atomic E-state index is 12.8. The Hall–Kier alpha value is -2.35. The Morgan fingerprint density at radius 2 is 2.11 bits per heavy atom. The highest BCUT2D eigenvalue weighted by Gasteiger charge is 2.38. The zero-order valence-corrected chi connectivity index (χ0v) is 16.2. The number of carbonyl (C=O) groups is 3. The van der Waals surface area contributed by atoms with Crippen molar-refractivity contribution >= 4 is 17.8 Å². The van der Waals surface area contributed by atoms with Crippen LogP contribution in [0.15, 0.2) is 23.0 Å². The molecule has 2 amide bonds. The Morgan fingerprint density at radius 1 is 1.37 bits per heavy atom. The number of rotatable bonds is 8. The molecule has 0 radical (unpaired) electrons. The standard InChI is InChI=1S/C19H28N2O6/c1-5-15-16(14(22)11-26-15)21-17(23)13(9-19(3,4)6-2)20-18(24)27-12-7-8-25-10-12/h7-8,10,13,15-16H,5-6,9,11H2,1-4H3,(H,20,24)(H,21,23)/t13-,15?,16?/m0/s1. The Balaban J connectivity index is 2.07. The summed E-state index contributed by atoms with van der Waals surface area (Å²) in [4.78, 5) is 37.0. The molecule has 27 heavy (non-hydrogen) atoms. The highest BCUT2D eigenvalue weighted by atomic mass is 16.6. The van der Waals surface area contributed by atoms with Crippen LogP contribution in [-0.2, 0) is 14.3 Å². The van der Waals surface area contributed by atoms with Crippen LogP contribution in [0.25, 0.3) is 0 Å². The van der Waals surface area contributed by atoms with E-state index in [9.17, 15) is 14.4 Å². The number of carbonyl (C=O) groups excluding carboxylic acids is 3. The van der Waals surface area contributed by atoms with Gasteiger partial charge in [-0.25, -0.2) is 4.79 Å². The molecule has 2 unspecified atom stereocenters. The lowest BCUT2D eigenvalue weighted by Gasteiger charge is -2.29. The smallest absolute Gasteiger partial charge is 0.413 e.